The zero-order valence-corrected chi connectivity index (χ0v) is 20.7. The molecule has 1 rings (SSSR count). The Bertz CT molecular complexity index is 355. The van der Waals surface area contributed by atoms with Crippen LogP contribution in [-0.4, -0.2) is 72.0 Å². The van der Waals surface area contributed by atoms with Crippen molar-refractivity contribution in [3.63, 3.8) is 0 Å². The first-order valence-corrected chi connectivity index (χ1v) is 14.2. The number of hydrogen-bond donors (Lipinski definition) is 1. The van der Waals surface area contributed by atoms with Gasteiger partial charge >= 0.3 is 17.6 Å². The van der Waals surface area contributed by atoms with E-state index in [2.05, 4.69) is 0 Å². The highest BCUT2D eigenvalue weighted by Gasteiger charge is 2.39. The van der Waals surface area contributed by atoms with Crippen molar-refractivity contribution in [1.29, 1.82) is 0 Å². The van der Waals surface area contributed by atoms with Gasteiger partial charge < -0.3 is 31.7 Å². The number of hydrogen-bond acceptors (Lipinski definition) is 7. The van der Waals surface area contributed by atoms with E-state index in [1.54, 1.807) is 42.7 Å². The summed E-state index contributed by atoms with van der Waals surface area (Å²) in [4.78, 5) is 0. The molecule has 0 spiro atoms. The fourth-order valence-electron chi connectivity index (χ4n) is 4.65. The van der Waals surface area contributed by atoms with E-state index in [1.807, 2.05) is 0 Å². The van der Waals surface area contributed by atoms with Gasteiger partial charge in [0.25, 0.3) is 0 Å². The molecule has 1 aliphatic carbocycles. The molecule has 1 N–H and O–H groups in total. The first-order chi connectivity index (χ1) is 13.5. The third-order valence-corrected chi connectivity index (χ3v) is 12.0. The second-order valence-electron chi connectivity index (χ2n) is 7.86. The summed E-state index contributed by atoms with van der Waals surface area (Å²) in [6.07, 6.45) is 7.77. The minimum Gasteiger partial charge on any atom is -0.396 e. The molecular formula is C19H42O7Si2. The summed E-state index contributed by atoms with van der Waals surface area (Å²) < 4.78 is 33.2. The standard InChI is InChI=1S/C19H42O7Si2/c1-21-27(22-2,23-3)11-7-9-17-13-18(15-19(14-17)16-20)10-8-12-28(24-4,25-5)26-6/h17-20H,7-16H2,1-6H3. The predicted octanol–water partition coefficient (Wildman–Crippen LogP) is 3.33. The molecule has 1 fully saturated rings. The number of aliphatic hydroxyl groups is 1. The average Bonchev–Trinajstić information content (AvgIpc) is 2.75. The van der Waals surface area contributed by atoms with Gasteiger partial charge in [0.2, 0.25) is 0 Å². The van der Waals surface area contributed by atoms with Crippen molar-refractivity contribution in [3.8, 4) is 0 Å². The normalized spacial score (nSPS) is 23.9. The fraction of sp³-hybridized carbons (Fsp3) is 1.00. The summed E-state index contributed by atoms with van der Waals surface area (Å²) in [5.41, 5.74) is 0. The van der Waals surface area contributed by atoms with E-state index in [4.69, 9.17) is 26.6 Å². The summed E-state index contributed by atoms with van der Waals surface area (Å²) in [6.45, 7) is 0.285. The molecule has 0 aromatic carbocycles. The van der Waals surface area contributed by atoms with Crippen LogP contribution in [0.2, 0.25) is 12.1 Å². The second-order valence-corrected chi connectivity index (χ2v) is 14.0. The van der Waals surface area contributed by atoms with Gasteiger partial charge in [-0.05, 0) is 49.9 Å². The summed E-state index contributed by atoms with van der Waals surface area (Å²) in [5, 5.41) is 9.76. The lowest BCUT2D eigenvalue weighted by atomic mass is 9.72. The van der Waals surface area contributed by atoms with Crippen LogP contribution in [-0.2, 0) is 26.6 Å². The summed E-state index contributed by atoms with van der Waals surface area (Å²) >= 11 is 0. The zero-order chi connectivity index (χ0) is 21.0. The molecule has 0 bridgehead atoms. The van der Waals surface area contributed by atoms with Crippen LogP contribution in [0.5, 0.6) is 0 Å². The number of aliphatic hydroxyl groups excluding tert-OH is 1. The molecule has 0 heterocycles. The van der Waals surface area contributed by atoms with Gasteiger partial charge in [-0.25, -0.2) is 0 Å². The van der Waals surface area contributed by atoms with E-state index in [-0.39, 0.29) is 6.61 Å². The first-order valence-electron chi connectivity index (χ1n) is 10.4. The van der Waals surface area contributed by atoms with Gasteiger partial charge in [-0.3, -0.25) is 0 Å². The van der Waals surface area contributed by atoms with Crippen LogP contribution in [0.4, 0.5) is 0 Å². The Morgan fingerprint density at radius 2 is 0.929 bits per heavy atom. The molecule has 0 aliphatic heterocycles. The van der Waals surface area contributed by atoms with Crippen LogP contribution in [0.3, 0.4) is 0 Å². The van der Waals surface area contributed by atoms with Crippen LogP contribution >= 0.6 is 0 Å². The lowest BCUT2D eigenvalue weighted by Crippen LogP contribution is -2.42. The van der Waals surface area contributed by atoms with Gasteiger partial charge in [0.05, 0.1) is 0 Å². The Labute approximate surface area is 173 Å². The molecule has 0 radical (unpaired) electrons. The van der Waals surface area contributed by atoms with Crippen molar-refractivity contribution >= 4 is 17.6 Å². The van der Waals surface area contributed by atoms with E-state index in [9.17, 15) is 5.11 Å². The maximum Gasteiger partial charge on any atom is 0.500 e. The smallest absolute Gasteiger partial charge is 0.396 e. The average molecular weight is 439 g/mol. The van der Waals surface area contributed by atoms with Crippen LogP contribution in [0.1, 0.15) is 44.9 Å². The number of rotatable bonds is 15. The maximum absolute atomic E-state index is 9.76. The SMILES string of the molecule is CO[Si](CCCC1CC(CO)CC(CCC[Si](OC)(OC)OC)C1)(OC)OC. The van der Waals surface area contributed by atoms with Gasteiger partial charge in [-0.1, -0.05) is 12.8 Å². The topological polar surface area (TPSA) is 75.6 Å². The highest BCUT2D eigenvalue weighted by molar-refractivity contribution is 6.60. The Balaban J connectivity index is 2.50. The van der Waals surface area contributed by atoms with Crippen molar-refractivity contribution in [2.24, 2.45) is 17.8 Å². The van der Waals surface area contributed by atoms with E-state index < -0.39 is 17.6 Å². The van der Waals surface area contributed by atoms with Gasteiger partial charge in [0.1, 0.15) is 0 Å². The molecule has 7 nitrogen and oxygen atoms in total. The van der Waals surface area contributed by atoms with E-state index in [0.29, 0.717) is 17.8 Å². The van der Waals surface area contributed by atoms with Gasteiger partial charge in [0, 0.05) is 61.4 Å². The fourth-order valence-corrected chi connectivity index (χ4v) is 8.15. The highest BCUT2D eigenvalue weighted by atomic mass is 28.4. The van der Waals surface area contributed by atoms with Crippen LogP contribution in [0.25, 0.3) is 0 Å². The van der Waals surface area contributed by atoms with Crippen LogP contribution in [0.15, 0.2) is 0 Å². The summed E-state index contributed by atoms with van der Waals surface area (Å²) in [7, 11) is 5.04. The van der Waals surface area contributed by atoms with Gasteiger partial charge in [-0.15, -0.1) is 0 Å². The molecule has 1 aliphatic rings. The Hall–Kier alpha value is 0.154. The lowest BCUT2D eigenvalue weighted by Gasteiger charge is -2.35. The molecule has 9 heteroatoms. The zero-order valence-electron chi connectivity index (χ0n) is 18.7. The highest BCUT2D eigenvalue weighted by Crippen LogP contribution is 2.39. The Kier molecular flexibility index (Phi) is 12.6. The van der Waals surface area contributed by atoms with Gasteiger partial charge in [0.15, 0.2) is 0 Å². The van der Waals surface area contributed by atoms with Crippen molar-refractivity contribution in [2.45, 2.75) is 57.0 Å². The Morgan fingerprint density at radius 3 is 1.21 bits per heavy atom. The lowest BCUT2D eigenvalue weighted by molar-refractivity contribution is 0.106. The van der Waals surface area contributed by atoms with Crippen molar-refractivity contribution in [1.82, 2.24) is 0 Å². The quantitative estimate of drug-likeness (QED) is 0.393. The molecule has 0 saturated heterocycles. The summed E-state index contributed by atoms with van der Waals surface area (Å²) in [5.74, 6) is 1.69. The van der Waals surface area contributed by atoms with Crippen LogP contribution < -0.4 is 0 Å². The summed E-state index contributed by atoms with van der Waals surface area (Å²) in [6, 6.07) is 1.68. The Morgan fingerprint density at radius 1 is 0.607 bits per heavy atom. The molecule has 0 aromatic rings. The molecule has 2 unspecified atom stereocenters. The minimum absolute atomic E-state index is 0.285. The molecule has 0 amide bonds. The van der Waals surface area contributed by atoms with Crippen molar-refractivity contribution < 1.29 is 31.7 Å². The maximum atomic E-state index is 9.76. The van der Waals surface area contributed by atoms with Crippen molar-refractivity contribution in [3.05, 3.63) is 0 Å². The molecular weight excluding hydrogens is 396 g/mol. The van der Waals surface area contributed by atoms with E-state index in [0.717, 1.165) is 50.6 Å². The van der Waals surface area contributed by atoms with Gasteiger partial charge in [-0.2, -0.15) is 0 Å². The molecule has 1 saturated carbocycles. The molecule has 2 atom stereocenters. The minimum atomic E-state index is -2.49. The molecule has 0 aromatic heterocycles. The van der Waals surface area contributed by atoms with E-state index in [1.165, 1.54) is 6.42 Å². The largest absolute Gasteiger partial charge is 0.500 e. The second kappa shape index (κ2) is 13.5. The molecule has 168 valence electrons. The third kappa shape index (κ3) is 7.77. The van der Waals surface area contributed by atoms with E-state index >= 15 is 0 Å². The predicted molar refractivity (Wildman–Crippen MR) is 113 cm³/mol. The molecule has 28 heavy (non-hydrogen) atoms. The first kappa shape index (κ1) is 26.2. The monoisotopic (exact) mass is 438 g/mol. The van der Waals surface area contributed by atoms with Crippen molar-refractivity contribution in [2.75, 3.05) is 49.3 Å². The third-order valence-electron chi connectivity index (χ3n) is 6.31. The van der Waals surface area contributed by atoms with Crippen LogP contribution in [0, 0.1) is 17.8 Å².